The first kappa shape index (κ1) is 8.81. The van der Waals surface area contributed by atoms with Crippen molar-refractivity contribution in [1.82, 2.24) is 5.32 Å². The summed E-state index contributed by atoms with van der Waals surface area (Å²) in [5, 5.41) is 11.4. The van der Waals surface area contributed by atoms with Crippen molar-refractivity contribution in [3.8, 4) is 0 Å². The second-order valence-electron chi connectivity index (χ2n) is 3.23. The summed E-state index contributed by atoms with van der Waals surface area (Å²) in [5.74, 6) is -0.838. The zero-order valence-corrected chi connectivity index (χ0v) is 7.66. The van der Waals surface area contributed by atoms with Crippen molar-refractivity contribution in [1.29, 1.82) is 0 Å². The fraction of sp³-hybridized carbons (Fsp3) is 0.182. The molecule has 1 aliphatic rings. The molecule has 14 heavy (non-hydrogen) atoms. The summed E-state index contributed by atoms with van der Waals surface area (Å²) in [4.78, 5) is 10.4. The lowest BCUT2D eigenvalue weighted by Crippen LogP contribution is -2.20. The Kier molecular flexibility index (Phi) is 2.23. The molecule has 1 aromatic carbocycles. The van der Waals surface area contributed by atoms with Crippen molar-refractivity contribution in [3.05, 3.63) is 41.5 Å². The summed E-state index contributed by atoms with van der Waals surface area (Å²) in [6.45, 7) is -0.0276. The maximum atomic E-state index is 10.4. The summed E-state index contributed by atoms with van der Waals surface area (Å²) >= 11 is 0. The zero-order valence-electron chi connectivity index (χ0n) is 7.66. The van der Waals surface area contributed by atoms with Crippen LogP contribution >= 0.6 is 0 Å². The van der Waals surface area contributed by atoms with Gasteiger partial charge in [-0.2, -0.15) is 0 Å². The Bertz CT molecular complexity index is 396. The van der Waals surface area contributed by atoms with E-state index in [0.29, 0.717) is 0 Å². The molecule has 3 nitrogen and oxygen atoms in total. The van der Waals surface area contributed by atoms with Crippen LogP contribution in [0.3, 0.4) is 0 Å². The van der Waals surface area contributed by atoms with Crippen LogP contribution < -0.4 is 5.32 Å². The van der Waals surface area contributed by atoms with E-state index in [9.17, 15) is 4.79 Å². The van der Waals surface area contributed by atoms with Crippen LogP contribution in [-0.4, -0.2) is 17.6 Å². The van der Waals surface area contributed by atoms with Gasteiger partial charge in [0.15, 0.2) is 0 Å². The Morgan fingerprint density at radius 2 is 2.21 bits per heavy atom. The molecule has 0 bridgehead atoms. The van der Waals surface area contributed by atoms with Crippen molar-refractivity contribution in [3.63, 3.8) is 0 Å². The van der Waals surface area contributed by atoms with E-state index in [2.05, 4.69) is 11.4 Å². The van der Waals surface area contributed by atoms with E-state index in [0.717, 1.165) is 17.7 Å². The standard InChI is InChI=1S/C11H11NO2/c13-11(14)7-12-10-6-5-8-3-1-2-4-9(8)10/h1-4,6,12H,5,7H2,(H,13,14). The molecular formula is C11H11NO2. The van der Waals surface area contributed by atoms with E-state index in [1.807, 2.05) is 24.3 Å². The molecule has 0 heterocycles. The highest BCUT2D eigenvalue weighted by atomic mass is 16.4. The number of hydrogen-bond donors (Lipinski definition) is 2. The molecule has 0 aliphatic heterocycles. The molecule has 0 saturated carbocycles. The average Bonchev–Trinajstić information content (AvgIpc) is 2.58. The highest BCUT2D eigenvalue weighted by Crippen LogP contribution is 2.24. The number of carboxylic acids is 1. The summed E-state index contributed by atoms with van der Waals surface area (Å²) in [5.41, 5.74) is 3.30. The molecular weight excluding hydrogens is 178 g/mol. The Balaban J connectivity index is 2.13. The van der Waals surface area contributed by atoms with Gasteiger partial charge in [-0.3, -0.25) is 4.79 Å². The molecule has 2 N–H and O–H groups in total. The lowest BCUT2D eigenvalue weighted by atomic mass is 10.1. The first-order valence-corrected chi connectivity index (χ1v) is 4.51. The Hall–Kier alpha value is -1.77. The van der Waals surface area contributed by atoms with Crippen LogP contribution in [0.15, 0.2) is 30.3 Å². The number of fused-ring (bicyclic) bond motifs is 1. The molecule has 0 fully saturated rings. The normalized spacial score (nSPS) is 13.3. The highest BCUT2D eigenvalue weighted by molar-refractivity contribution is 5.76. The second kappa shape index (κ2) is 3.54. The third kappa shape index (κ3) is 1.62. The van der Waals surface area contributed by atoms with Crippen LogP contribution in [0.4, 0.5) is 0 Å². The number of hydrogen-bond acceptors (Lipinski definition) is 2. The van der Waals surface area contributed by atoms with Crippen molar-refractivity contribution >= 4 is 11.7 Å². The van der Waals surface area contributed by atoms with Crippen molar-refractivity contribution in [2.45, 2.75) is 6.42 Å². The predicted octanol–water partition coefficient (Wildman–Crippen LogP) is 1.26. The lowest BCUT2D eigenvalue weighted by Gasteiger charge is -2.06. The van der Waals surface area contributed by atoms with E-state index in [-0.39, 0.29) is 6.54 Å². The van der Waals surface area contributed by atoms with E-state index in [1.165, 1.54) is 5.56 Å². The maximum absolute atomic E-state index is 10.4. The van der Waals surface area contributed by atoms with Gasteiger partial charge in [-0.05, 0) is 12.0 Å². The number of rotatable bonds is 3. The van der Waals surface area contributed by atoms with Crippen LogP contribution in [0.25, 0.3) is 5.70 Å². The van der Waals surface area contributed by atoms with Gasteiger partial charge in [0.1, 0.15) is 6.54 Å². The minimum atomic E-state index is -0.838. The second-order valence-corrected chi connectivity index (χ2v) is 3.23. The van der Waals surface area contributed by atoms with Gasteiger partial charge in [-0.15, -0.1) is 0 Å². The van der Waals surface area contributed by atoms with Crippen molar-refractivity contribution in [2.75, 3.05) is 6.54 Å². The van der Waals surface area contributed by atoms with Gasteiger partial charge < -0.3 is 10.4 Å². The van der Waals surface area contributed by atoms with Crippen molar-refractivity contribution < 1.29 is 9.90 Å². The Labute approximate surface area is 82.1 Å². The summed E-state index contributed by atoms with van der Waals surface area (Å²) in [6, 6.07) is 8.01. The number of carbonyl (C=O) groups is 1. The van der Waals surface area contributed by atoms with Crippen LogP contribution in [0.1, 0.15) is 11.1 Å². The van der Waals surface area contributed by atoms with Gasteiger partial charge in [-0.25, -0.2) is 0 Å². The number of aliphatic carboxylic acids is 1. The van der Waals surface area contributed by atoms with Gasteiger partial charge in [0.2, 0.25) is 0 Å². The highest BCUT2D eigenvalue weighted by Gasteiger charge is 2.12. The molecule has 0 radical (unpaired) electrons. The molecule has 0 amide bonds. The zero-order chi connectivity index (χ0) is 9.97. The number of nitrogens with one attached hydrogen (secondary N) is 1. The molecule has 2 rings (SSSR count). The van der Waals surface area contributed by atoms with Gasteiger partial charge in [0, 0.05) is 11.3 Å². The van der Waals surface area contributed by atoms with E-state index < -0.39 is 5.97 Å². The third-order valence-corrected chi connectivity index (χ3v) is 2.26. The molecule has 0 spiro atoms. The van der Waals surface area contributed by atoms with E-state index in [4.69, 9.17) is 5.11 Å². The SMILES string of the molecule is O=C(O)CNC1=CCc2ccccc21. The first-order chi connectivity index (χ1) is 6.77. The van der Waals surface area contributed by atoms with Crippen LogP contribution in [0.5, 0.6) is 0 Å². The lowest BCUT2D eigenvalue weighted by molar-refractivity contribution is -0.135. The maximum Gasteiger partial charge on any atom is 0.322 e. The van der Waals surface area contributed by atoms with E-state index >= 15 is 0 Å². The van der Waals surface area contributed by atoms with Crippen LogP contribution in [-0.2, 0) is 11.2 Å². The van der Waals surface area contributed by atoms with Gasteiger partial charge in [0.25, 0.3) is 0 Å². The minimum absolute atomic E-state index is 0.0276. The summed E-state index contributed by atoms with van der Waals surface area (Å²) in [7, 11) is 0. The number of carboxylic acid groups (broad SMARTS) is 1. The van der Waals surface area contributed by atoms with Gasteiger partial charge in [0.05, 0.1) is 0 Å². The first-order valence-electron chi connectivity index (χ1n) is 4.51. The molecule has 0 unspecified atom stereocenters. The monoisotopic (exact) mass is 189 g/mol. The molecule has 0 atom stereocenters. The van der Waals surface area contributed by atoms with Gasteiger partial charge in [-0.1, -0.05) is 30.3 Å². The fourth-order valence-corrected chi connectivity index (χ4v) is 1.62. The Morgan fingerprint density at radius 3 is 3.00 bits per heavy atom. The summed E-state index contributed by atoms with van der Waals surface area (Å²) < 4.78 is 0. The smallest absolute Gasteiger partial charge is 0.322 e. The third-order valence-electron chi connectivity index (χ3n) is 2.26. The molecule has 72 valence electrons. The minimum Gasteiger partial charge on any atom is -0.480 e. The average molecular weight is 189 g/mol. The quantitative estimate of drug-likeness (QED) is 0.752. The topological polar surface area (TPSA) is 49.3 Å². The van der Waals surface area contributed by atoms with Gasteiger partial charge >= 0.3 is 5.97 Å². The summed E-state index contributed by atoms with van der Waals surface area (Å²) in [6.07, 6.45) is 2.91. The Morgan fingerprint density at radius 1 is 1.43 bits per heavy atom. The molecule has 0 aromatic heterocycles. The largest absolute Gasteiger partial charge is 0.480 e. The van der Waals surface area contributed by atoms with E-state index in [1.54, 1.807) is 0 Å². The number of allylic oxidation sites excluding steroid dienone is 1. The molecule has 1 aliphatic carbocycles. The van der Waals surface area contributed by atoms with Crippen LogP contribution in [0, 0.1) is 0 Å². The predicted molar refractivity (Wildman–Crippen MR) is 53.8 cm³/mol. The van der Waals surface area contributed by atoms with Crippen LogP contribution in [0.2, 0.25) is 0 Å². The molecule has 0 saturated heterocycles. The van der Waals surface area contributed by atoms with Crippen molar-refractivity contribution in [2.24, 2.45) is 0 Å². The fourth-order valence-electron chi connectivity index (χ4n) is 1.62. The molecule has 3 heteroatoms. The number of benzene rings is 1. The molecule has 1 aromatic rings.